The summed E-state index contributed by atoms with van der Waals surface area (Å²) in [5, 5.41) is 18.8. The largest absolute Gasteiger partial charge is 0.380 e. The number of aromatic nitrogens is 4. The number of carbonyl (C=O) groups excluding carboxylic acids is 1. The number of aryl methyl sites for hydroxylation is 1. The quantitative estimate of drug-likeness (QED) is 0.810. The Morgan fingerprint density at radius 2 is 2.17 bits per heavy atom. The summed E-state index contributed by atoms with van der Waals surface area (Å²) in [6.07, 6.45) is 5.18. The zero-order valence-electron chi connectivity index (χ0n) is 14.5. The molecule has 0 radical (unpaired) electrons. The number of likely N-dealkylation sites (N-methyl/N-ethyl adjacent to an activating group) is 1. The fourth-order valence-electron chi connectivity index (χ4n) is 3.31. The molecule has 3 rings (SSSR count). The zero-order valence-corrected chi connectivity index (χ0v) is 14.5. The number of rotatable bonds is 6. The molecule has 2 aromatic rings. The van der Waals surface area contributed by atoms with Crippen LogP contribution in [0, 0.1) is 0 Å². The van der Waals surface area contributed by atoms with Crippen molar-refractivity contribution < 1.29 is 4.79 Å². The Hall–Kier alpha value is -2.22. The Labute approximate surface area is 141 Å². The first-order valence-corrected chi connectivity index (χ1v) is 8.48. The number of fused-ring (bicyclic) bond motifs is 1. The SMILES string of the molecule is CCc1cc(NC[C@@H]2CC[C@H](CC(=O)NC)N2C)c2nncn2n1. The minimum absolute atomic E-state index is 0.104. The van der Waals surface area contributed by atoms with E-state index in [9.17, 15) is 4.79 Å². The molecule has 8 heteroatoms. The lowest BCUT2D eigenvalue weighted by atomic mass is 10.1. The van der Waals surface area contributed by atoms with Crippen LogP contribution in [0.1, 0.15) is 31.9 Å². The summed E-state index contributed by atoms with van der Waals surface area (Å²) in [7, 11) is 3.79. The first kappa shape index (κ1) is 16.6. The summed E-state index contributed by atoms with van der Waals surface area (Å²) in [4.78, 5) is 13.9. The van der Waals surface area contributed by atoms with Crippen LogP contribution in [0.2, 0.25) is 0 Å². The Morgan fingerprint density at radius 1 is 1.38 bits per heavy atom. The van der Waals surface area contributed by atoms with E-state index in [0.29, 0.717) is 18.5 Å². The lowest BCUT2D eigenvalue weighted by molar-refractivity contribution is -0.121. The van der Waals surface area contributed by atoms with Crippen molar-refractivity contribution in [1.29, 1.82) is 0 Å². The van der Waals surface area contributed by atoms with E-state index in [1.807, 2.05) is 6.07 Å². The van der Waals surface area contributed by atoms with Gasteiger partial charge < -0.3 is 10.6 Å². The molecule has 0 aromatic carbocycles. The maximum Gasteiger partial charge on any atom is 0.221 e. The van der Waals surface area contributed by atoms with Crippen molar-refractivity contribution in [3.63, 3.8) is 0 Å². The first-order chi connectivity index (χ1) is 11.6. The van der Waals surface area contributed by atoms with Crippen molar-refractivity contribution in [3.05, 3.63) is 18.1 Å². The highest BCUT2D eigenvalue weighted by Crippen LogP contribution is 2.25. The molecular formula is C16H25N7O. The van der Waals surface area contributed by atoms with Crippen LogP contribution in [0.4, 0.5) is 5.69 Å². The molecule has 24 heavy (non-hydrogen) atoms. The molecule has 0 aliphatic carbocycles. The lowest BCUT2D eigenvalue weighted by Crippen LogP contribution is -2.39. The molecule has 0 saturated carbocycles. The summed E-state index contributed by atoms with van der Waals surface area (Å²) < 4.78 is 1.72. The first-order valence-electron chi connectivity index (χ1n) is 8.48. The maximum absolute atomic E-state index is 11.6. The molecule has 8 nitrogen and oxygen atoms in total. The van der Waals surface area contributed by atoms with Gasteiger partial charge in [-0.1, -0.05) is 6.92 Å². The van der Waals surface area contributed by atoms with E-state index in [1.165, 1.54) is 0 Å². The van der Waals surface area contributed by atoms with Gasteiger partial charge in [0.15, 0.2) is 0 Å². The molecule has 130 valence electrons. The molecule has 0 bridgehead atoms. The van der Waals surface area contributed by atoms with Crippen molar-refractivity contribution >= 4 is 17.2 Å². The number of hydrogen-bond acceptors (Lipinski definition) is 6. The minimum Gasteiger partial charge on any atom is -0.380 e. The van der Waals surface area contributed by atoms with Gasteiger partial charge in [0, 0.05) is 32.1 Å². The van der Waals surface area contributed by atoms with Crippen LogP contribution in [0.25, 0.3) is 5.65 Å². The van der Waals surface area contributed by atoms with Crippen molar-refractivity contribution in [2.24, 2.45) is 0 Å². The maximum atomic E-state index is 11.6. The van der Waals surface area contributed by atoms with Gasteiger partial charge in [0.1, 0.15) is 6.33 Å². The molecule has 1 aliphatic heterocycles. The molecule has 3 heterocycles. The molecule has 2 aromatic heterocycles. The number of nitrogens with zero attached hydrogens (tertiary/aromatic N) is 5. The third kappa shape index (κ3) is 3.33. The molecule has 1 aliphatic rings. The number of anilines is 1. The molecule has 1 fully saturated rings. The van der Waals surface area contributed by atoms with Gasteiger partial charge in [0.25, 0.3) is 0 Å². The van der Waals surface area contributed by atoms with Crippen LogP contribution in [0.5, 0.6) is 0 Å². The van der Waals surface area contributed by atoms with Crippen molar-refractivity contribution in [1.82, 2.24) is 30.0 Å². The van der Waals surface area contributed by atoms with E-state index in [2.05, 4.69) is 44.8 Å². The Morgan fingerprint density at radius 3 is 2.92 bits per heavy atom. The highest BCUT2D eigenvalue weighted by molar-refractivity contribution is 5.76. The van der Waals surface area contributed by atoms with Crippen LogP contribution in [-0.4, -0.2) is 63.3 Å². The van der Waals surface area contributed by atoms with E-state index in [-0.39, 0.29) is 5.91 Å². The Kier molecular flexibility index (Phi) is 4.94. The standard InChI is InChI=1S/C16H25N7O/c1-4-11-7-14(16-20-19-10-23(16)21-11)18-9-13-6-5-12(22(13)3)8-15(24)17-2/h7,10,12-13,18H,4-6,8-9H2,1-3H3,(H,17,24)/t12-,13+/m1/s1. The predicted molar refractivity (Wildman–Crippen MR) is 91.9 cm³/mol. The second-order valence-electron chi connectivity index (χ2n) is 6.31. The van der Waals surface area contributed by atoms with Gasteiger partial charge in [0.2, 0.25) is 11.6 Å². The molecule has 1 saturated heterocycles. The van der Waals surface area contributed by atoms with Gasteiger partial charge in [-0.25, -0.2) is 0 Å². The van der Waals surface area contributed by atoms with Gasteiger partial charge >= 0.3 is 0 Å². The van der Waals surface area contributed by atoms with E-state index in [0.717, 1.165) is 42.8 Å². The number of nitrogens with one attached hydrogen (secondary N) is 2. The highest BCUT2D eigenvalue weighted by Gasteiger charge is 2.31. The van der Waals surface area contributed by atoms with Gasteiger partial charge in [-0.2, -0.15) is 9.61 Å². The zero-order chi connectivity index (χ0) is 17.1. The summed E-state index contributed by atoms with van der Waals surface area (Å²) in [5.41, 5.74) is 2.71. The molecule has 2 atom stereocenters. The van der Waals surface area contributed by atoms with Crippen LogP contribution < -0.4 is 10.6 Å². The normalized spacial score (nSPS) is 21.3. The summed E-state index contributed by atoms with van der Waals surface area (Å²) in [6, 6.07) is 2.76. The summed E-state index contributed by atoms with van der Waals surface area (Å²) in [5.74, 6) is 0.104. The van der Waals surface area contributed by atoms with Gasteiger partial charge in [-0.05, 0) is 32.4 Å². The third-order valence-corrected chi connectivity index (χ3v) is 4.89. The fourth-order valence-corrected chi connectivity index (χ4v) is 3.31. The van der Waals surface area contributed by atoms with Crippen molar-refractivity contribution in [3.8, 4) is 0 Å². The van der Waals surface area contributed by atoms with E-state index >= 15 is 0 Å². The summed E-state index contributed by atoms with van der Waals surface area (Å²) >= 11 is 0. The van der Waals surface area contributed by atoms with E-state index in [4.69, 9.17) is 0 Å². The topological polar surface area (TPSA) is 87.5 Å². The smallest absolute Gasteiger partial charge is 0.221 e. The van der Waals surface area contributed by atoms with Gasteiger partial charge in [0.05, 0.1) is 11.4 Å². The minimum atomic E-state index is 0.104. The van der Waals surface area contributed by atoms with Gasteiger partial charge in [-0.15, -0.1) is 10.2 Å². The molecule has 0 spiro atoms. The molecule has 1 amide bonds. The average Bonchev–Trinajstić information content (AvgIpc) is 3.20. The Bertz CT molecular complexity index is 714. The lowest BCUT2D eigenvalue weighted by Gasteiger charge is -2.26. The number of likely N-dealkylation sites (tertiary alicyclic amines) is 1. The van der Waals surface area contributed by atoms with Crippen LogP contribution in [0.3, 0.4) is 0 Å². The fraction of sp³-hybridized carbons (Fsp3) is 0.625. The highest BCUT2D eigenvalue weighted by atomic mass is 16.1. The van der Waals surface area contributed by atoms with Crippen molar-refractivity contribution in [2.75, 3.05) is 26.0 Å². The second-order valence-corrected chi connectivity index (χ2v) is 6.31. The van der Waals surface area contributed by atoms with Crippen LogP contribution in [0.15, 0.2) is 12.4 Å². The summed E-state index contributed by atoms with van der Waals surface area (Å²) in [6.45, 7) is 2.90. The van der Waals surface area contributed by atoms with Crippen LogP contribution >= 0.6 is 0 Å². The predicted octanol–water partition coefficient (Wildman–Crippen LogP) is 0.698. The number of carbonyl (C=O) groups is 1. The monoisotopic (exact) mass is 331 g/mol. The average molecular weight is 331 g/mol. The number of amides is 1. The number of hydrogen-bond donors (Lipinski definition) is 2. The molecular weight excluding hydrogens is 306 g/mol. The van der Waals surface area contributed by atoms with Crippen LogP contribution in [-0.2, 0) is 11.2 Å². The van der Waals surface area contributed by atoms with Crippen molar-refractivity contribution in [2.45, 2.75) is 44.7 Å². The third-order valence-electron chi connectivity index (χ3n) is 4.89. The molecule has 0 unspecified atom stereocenters. The van der Waals surface area contributed by atoms with E-state index in [1.54, 1.807) is 17.9 Å². The van der Waals surface area contributed by atoms with Gasteiger partial charge in [-0.3, -0.25) is 9.69 Å². The van der Waals surface area contributed by atoms with E-state index < -0.39 is 0 Å². The second kappa shape index (κ2) is 7.12. The molecule has 2 N–H and O–H groups in total. The Balaban J connectivity index is 1.66.